The summed E-state index contributed by atoms with van der Waals surface area (Å²) in [4.78, 5) is 29.8. The second kappa shape index (κ2) is 7.95. The Morgan fingerprint density at radius 2 is 1.47 bits per heavy atom. The number of likely N-dealkylation sites (N-methyl/N-ethyl adjacent to an activating group) is 1. The van der Waals surface area contributed by atoms with E-state index in [2.05, 4.69) is 0 Å². The summed E-state index contributed by atoms with van der Waals surface area (Å²) in [5.74, 6) is -1.23. The van der Waals surface area contributed by atoms with Crippen LogP contribution in [-0.4, -0.2) is 18.9 Å². The van der Waals surface area contributed by atoms with Crippen LogP contribution in [0.5, 0.6) is 0 Å². The van der Waals surface area contributed by atoms with Crippen LogP contribution in [0, 0.1) is 5.82 Å². The van der Waals surface area contributed by atoms with Gasteiger partial charge in [-0.05, 0) is 53.9 Å². The van der Waals surface area contributed by atoms with E-state index in [-0.39, 0.29) is 11.3 Å². The van der Waals surface area contributed by atoms with Crippen LogP contribution in [0.25, 0.3) is 5.57 Å². The van der Waals surface area contributed by atoms with Crippen molar-refractivity contribution in [3.63, 3.8) is 0 Å². The molecule has 3 aromatic rings. The van der Waals surface area contributed by atoms with Crippen molar-refractivity contribution in [2.24, 2.45) is 0 Å². The number of anilines is 2. The lowest BCUT2D eigenvalue weighted by Gasteiger charge is -2.21. The number of amides is 2. The van der Waals surface area contributed by atoms with Crippen LogP contribution < -0.4 is 9.80 Å². The molecule has 2 amide bonds. The highest BCUT2D eigenvalue weighted by molar-refractivity contribution is 6.46. The summed E-state index contributed by atoms with van der Waals surface area (Å²) < 4.78 is 13.5. The lowest BCUT2D eigenvalue weighted by atomic mass is 10.0. The van der Waals surface area contributed by atoms with Crippen molar-refractivity contribution in [1.82, 2.24) is 0 Å². The molecule has 0 radical (unpaired) electrons. The number of nitrogens with zero attached hydrogens (tertiary/aromatic N) is 2. The van der Waals surface area contributed by atoms with Crippen LogP contribution in [0.2, 0.25) is 0 Å². The van der Waals surface area contributed by atoms with Gasteiger partial charge in [-0.25, -0.2) is 9.29 Å². The van der Waals surface area contributed by atoms with Crippen molar-refractivity contribution in [3.05, 3.63) is 102 Å². The van der Waals surface area contributed by atoms with E-state index in [9.17, 15) is 14.0 Å². The number of aryl methyl sites for hydroxylation is 1. The van der Waals surface area contributed by atoms with Gasteiger partial charge >= 0.3 is 0 Å². The lowest BCUT2D eigenvalue weighted by Crippen LogP contribution is -2.34. The first-order valence-electron chi connectivity index (χ1n) is 9.78. The van der Waals surface area contributed by atoms with Gasteiger partial charge in [0.1, 0.15) is 11.5 Å². The van der Waals surface area contributed by atoms with Crippen LogP contribution in [-0.2, 0) is 16.0 Å². The fraction of sp³-hybridized carbons (Fsp3) is 0.120. The highest BCUT2D eigenvalue weighted by Crippen LogP contribution is 2.36. The molecule has 0 N–H and O–H groups in total. The molecule has 5 heteroatoms. The van der Waals surface area contributed by atoms with Gasteiger partial charge in [0.05, 0.1) is 11.3 Å². The minimum absolute atomic E-state index is 0.255. The van der Waals surface area contributed by atoms with Crippen molar-refractivity contribution in [2.45, 2.75) is 13.3 Å². The van der Waals surface area contributed by atoms with Gasteiger partial charge in [-0.1, -0.05) is 49.4 Å². The van der Waals surface area contributed by atoms with Crippen molar-refractivity contribution in [3.8, 4) is 0 Å². The van der Waals surface area contributed by atoms with Gasteiger partial charge in [-0.3, -0.25) is 9.59 Å². The van der Waals surface area contributed by atoms with E-state index in [1.54, 1.807) is 24.1 Å². The number of benzene rings is 3. The van der Waals surface area contributed by atoms with E-state index in [1.165, 1.54) is 29.2 Å². The number of imide groups is 1. The molecule has 1 aliphatic heterocycles. The Hall–Kier alpha value is -3.73. The summed E-state index contributed by atoms with van der Waals surface area (Å²) in [5, 5.41) is 0. The Morgan fingerprint density at radius 1 is 0.833 bits per heavy atom. The molecular weight excluding hydrogens is 379 g/mol. The second-order valence-electron chi connectivity index (χ2n) is 7.09. The van der Waals surface area contributed by atoms with Gasteiger partial charge in [0, 0.05) is 12.7 Å². The molecule has 0 bridgehead atoms. The van der Waals surface area contributed by atoms with Crippen LogP contribution >= 0.6 is 0 Å². The summed E-state index contributed by atoms with van der Waals surface area (Å²) >= 11 is 0. The fourth-order valence-corrected chi connectivity index (χ4v) is 3.60. The van der Waals surface area contributed by atoms with Gasteiger partial charge in [-0.15, -0.1) is 0 Å². The highest BCUT2D eigenvalue weighted by Gasteiger charge is 2.42. The van der Waals surface area contributed by atoms with E-state index in [1.807, 2.05) is 49.4 Å². The van der Waals surface area contributed by atoms with Crippen LogP contribution in [0.1, 0.15) is 18.1 Å². The number of rotatable bonds is 5. The van der Waals surface area contributed by atoms with E-state index in [0.29, 0.717) is 11.3 Å². The molecule has 0 saturated heterocycles. The third kappa shape index (κ3) is 3.39. The van der Waals surface area contributed by atoms with E-state index in [0.717, 1.165) is 17.7 Å². The average Bonchev–Trinajstić information content (AvgIpc) is 3.04. The quantitative estimate of drug-likeness (QED) is 0.577. The fourth-order valence-electron chi connectivity index (χ4n) is 3.60. The van der Waals surface area contributed by atoms with Gasteiger partial charge < -0.3 is 4.90 Å². The maximum atomic E-state index is 13.5. The molecule has 0 saturated carbocycles. The Kier molecular flexibility index (Phi) is 5.19. The zero-order chi connectivity index (χ0) is 21.3. The SMILES string of the molecule is CCc1ccc(N2C(=O)C(c3ccc(F)cc3)=C(N(C)c3ccccc3)C2=O)cc1. The number of carbonyl (C=O) groups excluding carboxylic acids is 2. The Morgan fingerprint density at radius 3 is 2.07 bits per heavy atom. The number of hydrogen-bond donors (Lipinski definition) is 0. The normalized spacial score (nSPS) is 13.9. The van der Waals surface area contributed by atoms with Gasteiger partial charge in [0.15, 0.2) is 0 Å². The van der Waals surface area contributed by atoms with Crippen LogP contribution in [0.15, 0.2) is 84.6 Å². The molecule has 150 valence electrons. The minimum atomic E-state index is -0.423. The molecular formula is C25H21FN2O2. The van der Waals surface area contributed by atoms with E-state index < -0.39 is 17.6 Å². The van der Waals surface area contributed by atoms with Crippen LogP contribution in [0.3, 0.4) is 0 Å². The predicted octanol–water partition coefficient (Wildman–Crippen LogP) is 4.81. The topological polar surface area (TPSA) is 40.6 Å². The van der Waals surface area contributed by atoms with E-state index in [4.69, 9.17) is 0 Å². The Labute approximate surface area is 174 Å². The Balaban J connectivity index is 1.84. The summed E-state index contributed by atoms with van der Waals surface area (Å²) in [7, 11) is 1.75. The first kappa shape index (κ1) is 19.6. The summed E-state index contributed by atoms with van der Waals surface area (Å²) in [6, 6.07) is 22.4. The lowest BCUT2D eigenvalue weighted by molar-refractivity contribution is -0.120. The molecule has 0 fully saturated rings. The smallest absolute Gasteiger partial charge is 0.282 e. The van der Waals surface area contributed by atoms with Crippen LogP contribution in [0.4, 0.5) is 15.8 Å². The molecule has 0 unspecified atom stereocenters. The molecule has 0 atom stereocenters. The molecule has 4 rings (SSSR count). The Bertz CT molecular complexity index is 1120. The third-order valence-corrected chi connectivity index (χ3v) is 5.27. The first-order valence-corrected chi connectivity index (χ1v) is 9.78. The maximum Gasteiger partial charge on any atom is 0.282 e. The maximum absolute atomic E-state index is 13.5. The molecule has 30 heavy (non-hydrogen) atoms. The largest absolute Gasteiger partial charge is 0.339 e. The van der Waals surface area contributed by atoms with E-state index >= 15 is 0 Å². The summed E-state index contributed by atoms with van der Waals surface area (Å²) in [6.45, 7) is 2.04. The van der Waals surface area contributed by atoms with Crippen molar-refractivity contribution in [2.75, 3.05) is 16.8 Å². The second-order valence-corrected chi connectivity index (χ2v) is 7.09. The van der Waals surface area contributed by atoms with Gasteiger partial charge in [-0.2, -0.15) is 0 Å². The third-order valence-electron chi connectivity index (χ3n) is 5.27. The van der Waals surface area contributed by atoms with Crippen molar-refractivity contribution < 1.29 is 14.0 Å². The molecule has 3 aromatic carbocycles. The first-order chi connectivity index (χ1) is 14.5. The predicted molar refractivity (Wildman–Crippen MR) is 116 cm³/mol. The minimum Gasteiger partial charge on any atom is -0.339 e. The van der Waals surface area contributed by atoms with Gasteiger partial charge in [0.2, 0.25) is 0 Å². The monoisotopic (exact) mass is 400 g/mol. The molecule has 1 aliphatic rings. The van der Waals surface area contributed by atoms with Crippen molar-refractivity contribution in [1.29, 1.82) is 0 Å². The molecule has 0 spiro atoms. The summed E-state index contributed by atoms with van der Waals surface area (Å²) in [5.41, 5.74) is 3.42. The van der Waals surface area contributed by atoms with Crippen molar-refractivity contribution >= 4 is 28.8 Å². The molecule has 0 aliphatic carbocycles. The number of halogens is 1. The number of carbonyl (C=O) groups is 2. The molecule has 4 nitrogen and oxygen atoms in total. The zero-order valence-electron chi connectivity index (χ0n) is 16.8. The molecule has 1 heterocycles. The summed E-state index contributed by atoms with van der Waals surface area (Å²) in [6.07, 6.45) is 0.864. The standard InChI is InChI=1S/C25H21FN2O2/c1-3-17-9-15-21(16-10-17)28-24(29)22(18-11-13-19(26)14-12-18)23(25(28)30)27(2)20-7-5-4-6-8-20/h4-16H,3H2,1-2H3. The zero-order valence-corrected chi connectivity index (χ0v) is 16.8. The van der Waals surface area contributed by atoms with Gasteiger partial charge in [0.25, 0.3) is 11.8 Å². The number of hydrogen-bond acceptors (Lipinski definition) is 3. The molecule has 0 aromatic heterocycles. The average molecular weight is 400 g/mol. The number of para-hydroxylation sites is 1. The highest BCUT2D eigenvalue weighted by atomic mass is 19.1.